The van der Waals surface area contributed by atoms with Gasteiger partial charge >= 0.3 is 0 Å². The number of nitrogens with one attached hydrogen (secondary N) is 1. The van der Waals surface area contributed by atoms with Gasteiger partial charge in [-0.2, -0.15) is 0 Å². The predicted octanol–water partition coefficient (Wildman–Crippen LogP) is 3.67. The Morgan fingerprint density at radius 1 is 1.06 bits per heavy atom. The van der Waals surface area contributed by atoms with Gasteiger partial charge in [-0.3, -0.25) is 14.5 Å². The molecule has 0 aliphatic rings. The van der Waals surface area contributed by atoms with E-state index >= 15 is 0 Å². The molecule has 0 fully saturated rings. The van der Waals surface area contributed by atoms with Crippen molar-refractivity contribution in [3.63, 3.8) is 0 Å². The first-order valence-corrected chi connectivity index (χ1v) is 11.7. The molecule has 4 rings (SSSR count). The van der Waals surface area contributed by atoms with Crippen molar-refractivity contribution in [2.24, 2.45) is 0 Å². The summed E-state index contributed by atoms with van der Waals surface area (Å²) in [6, 6.07) is 19.4. The highest BCUT2D eigenvalue weighted by Gasteiger charge is 2.33. The van der Waals surface area contributed by atoms with Crippen LogP contribution in [0.4, 0.5) is 10.1 Å². The first kappa shape index (κ1) is 25.0. The number of aryl methyl sites for hydroxylation is 1. The zero-order valence-corrected chi connectivity index (χ0v) is 20.2. The molecule has 186 valence electrons. The number of rotatable bonds is 10. The van der Waals surface area contributed by atoms with E-state index in [-0.39, 0.29) is 19.0 Å². The van der Waals surface area contributed by atoms with Crippen molar-refractivity contribution in [3.05, 3.63) is 89.7 Å². The fourth-order valence-electron chi connectivity index (χ4n) is 4.00. The Morgan fingerprint density at radius 2 is 1.78 bits per heavy atom. The lowest BCUT2D eigenvalue weighted by molar-refractivity contribution is -0.127. The number of ether oxygens (including phenoxy) is 1. The smallest absolute Gasteiger partial charge is 0.249 e. The molecule has 0 unspecified atom stereocenters. The Bertz CT molecular complexity index is 1320. The number of fused-ring (bicyclic) bond motifs is 1. The van der Waals surface area contributed by atoms with Gasteiger partial charge in [0.1, 0.15) is 23.9 Å². The molecule has 0 radical (unpaired) electrons. The van der Waals surface area contributed by atoms with Crippen molar-refractivity contribution in [2.45, 2.75) is 25.9 Å². The molecule has 0 bridgehead atoms. The number of amides is 2. The van der Waals surface area contributed by atoms with Crippen LogP contribution in [0.2, 0.25) is 0 Å². The lowest BCUT2D eigenvalue weighted by Crippen LogP contribution is -2.46. The molecule has 0 spiro atoms. The van der Waals surface area contributed by atoms with E-state index in [0.29, 0.717) is 28.9 Å². The molecule has 36 heavy (non-hydrogen) atoms. The van der Waals surface area contributed by atoms with Crippen molar-refractivity contribution in [1.29, 1.82) is 0 Å². The van der Waals surface area contributed by atoms with Crippen LogP contribution in [0, 0.1) is 5.82 Å². The number of aromatic nitrogens is 3. The van der Waals surface area contributed by atoms with Gasteiger partial charge in [0.2, 0.25) is 11.8 Å². The van der Waals surface area contributed by atoms with Crippen LogP contribution in [0.15, 0.2) is 72.8 Å². The van der Waals surface area contributed by atoms with Crippen molar-refractivity contribution in [2.75, 3.05) is 25.2 Å². The summed E-state index contributed by atoms with van der Waals surface area (Å²) in [7, 11) is 1.54. The molecule has 1 N–H and O–H groups in total. The number of hydrogen-bond donors (Lipinski definition) is 1. The number of hydrogen-bond acceptors (Lipinski definition) is 5. The highest BCUT2D eigenvalue weighted by atomic mass is 19.1. The maximum Gasteiger partial charge on any atom is 0.249 e. The minimum Gasteiger partial charge on any atom is -0.383 e. The SMILES string of the molecule is CCc1ccc(N(C(=O)Cn2nnc3ccccc32)[C@H](C(=O)NCCOC)c2ccc(F)cc2)cc1. The van der Waals surface area contributed by atoms with Crippen LogP contribution >= 0.6 is 0 Å². The molecule has 4 aromatic rings. The highest BCUT2D eigenvalue weighted by molar-refractivity contribution is 6.01. The molecule has 1 atom stereocenters. The van der Waals surface area contributed by atoms with Crippen LogP contribution in [-0.2, 0) is 27.3 Å². The number of carbonyl (C=O) groups excluding carboxylic acids is 2. The number of nitrogens with zero attached hydrogens (tertiary/aromatic N) is 4. The molecule has 0 saturated heterocycles. The Kier molecular flexibility index (Phi) is 8.02. The van der Waals surface area contributed by atoms with Gasteiger partial charge in [0.25, 0.3) is 0 Å². The second kappa shape index (κ2) is 11.5. The quantitative estimate of drug-likeness (QED) is 0.344. The number of para-hydroxylation sites is 1. The summed E-state index contributed by atoms with van der Waals surface area (Å²) < 4.78 is 20.3. The summed E-state index contributed by atoms with van der Waals surface area (Å²) in [6.07, 6.45) is 0.831. The average Bonchev–Trinajstić information content (AvgIpc) is 3.30. The summed E-state index contributed by atoms with van der Waals surface area (Å²) in [5.41, 5.74) is 3.48. The average molecular weight is 490 g/mol. The standard InChI is InChI=1S/C27H28FN5O3/c1-3-19-8-14-22(15-9-19)33(25(34)18-32-24-7-5-4-6-23(24)30-31-32)26(27(35)29-16-17-36-2)20-10-12-21(28)13-11-20/h4-15,26H,3,16-18H2,1-2H3,(H,29,35)/t26-/m0/s1. The lowest BCUT2D eigenvalue weighted by Gasteiger charge is -2.31. The third-order valence-electron chi connectivity index (χ3n) is 5.89. The fourth-order valence-corrected chi connectivity index (χ4v) is 4.00. The molecule has 0 aliphatic heterocycles. The third kappa shape index (κ3) is 5.58. The van der Waals surface area contributed by atoms with Crippen molar-refractivity contribution in [3.8, 4) is 0 Å². The molecule has 3 aromatic carbocycles. The third-order valence-corrected chi connectivity index (χ3v) is 5.89. The maximum absolute atomic E-state index is 13.9. The largest absolute Gasteiger partial charge is 0.383 e. The zero-order chi connectivity index (χ0) is 25.5. The molecule has 8 nitrogen and oxygen atoms in total. The van der Waals surface area contributed by atoms with Gasteiger partial charge in [0.05, 0.1) is 12.1 Å². The van der Waals surface area contributed by atoms with Crippen LogP contribution in [0.1, 0.15) is 24.1 Å². The van der Waals surface area contributed by atoms with E-state index in [1.54, 1.807) is 0 Å². The summed E-state index contributed by atoms with van der Waals surface area (Å²) in [6.45, 7) is 2.47. The van der Waals surface area contributed by atoms with Gasteiger partial charge in [-0.05, 0) is 53.9 Å². The minimum absolute atomic E-state index is 0.140. The van der Waals surface area contributed by atoms with Crippen molar-refractivity contribution >= 4 is 28.5 Å². The Labute approximate surface area is 208 Å². The van der Waals surface area contributed by atoms with E-state index in [0.717, 1.165) is 12.0 Å². The van der Waals surface area contributed by atoms with Gasteiger partial charge < -0.3 is 10.1 Å². The molecule has 1 aromatic heterocycles. The monoisotopic (exact) mass is 489 g/mol. The van der Waals surface area contributed by atoms with Crippen LogP contribution in [0.3, 0.4) is 0 Å². The molecule has 0 aliphatic carbocycles. The molecular weight excluding hydrogens is 461 g/mol. The van der Waals surface area contributed by atoms with Gasteiger partial charge in [0.15, 0.2) is 0 Å². The van der Waals surface area contributed by atoms with Gasteiger partial charge in [0, 0.05) is 19.3 Å². The number of halogens is 1. The fraction of sp³-hybridized carbons (Fsp3) is 0.259. The number of anilines is 1. The second-order valence-electron chi connectivity index (χ2n) is 8.26. The van der Waals surface area contributed by atoms with E-state index in [9.17, 15) is 14.0 Å². The van der Waals surface area contributed by atoms with Gasteiger partial charge in [-0.25, -0.2) is 9.07 Å². The summed E-state index contributed by atoms with van der Waals surface area (Å²) >= 11 is 0. The van der Waals surface area contributed by atoms with E-state index in [1.807, 2.05) is 55.5 Å². The van der Waals surface area contributed by atoms with E-state index in [4.69, 9.17) is 4.74 Å². The summed E-state index contributed by atoms with van der Waals surface area (Å²) in [5, 5.41) is 11.1. The number of benzene rings is 3. The van der Waals surface area contributed by atoms with Crippen molar-refractivity contribution in [1.82, 2.24) is 20.3 Å². The Hall–Kier alpha value is -4.11. The van der Waals surface area contributed by atoms with Crippen LogP contribution < -0.4 is 10.2 Å². The molecule has 2 amide bonds. The van der Waals surface area contributed by atoms with E-state index in [2.05, 4.69) is 15.6 Å². The van der Waals surface area contributed by atoms with E-state index < -0.39 is 17.8 Å². The number of methoxy groups -OCH3 is 1. The normalized spacial score (nSPS) is 11.9. The minimum atomic E-state index is -1.04. The topological polar surface area (TPSA) is 89.4 Å². The summed E-state index contributed by atoms with van der Waals surface area (Å²) in [4.78, 5) is 28.8. The highest BCUT2D eigenvalue weighted by Crippen LogP contribution is 2.29. The van der Waals surface area contributed by atoms with Crippen LogP contribution in [0.25, 0.3) is 11.0 Å². The van der Waals surface area contributed by atoms with Gasteiger partial charge in [-0.1, -0.05) is 48.5 Å². The zero-order valence-electron chi connectivity index (χ0n) is 20.2. The molecule has 9 heteroatoms. The lowest BCUT2D eigenvalue weighted by atomic mass is 10.0. The molecule has 1 heterocycles. The Morgan fingerprint density at radius 3 is 2.47 bits per heavy atom. The summed E-state index contributed by atoms with van der Waals surface area (Å²) in [5.74, 6) is -1.21. The number of carbonyl (C=O) groups is 2. The first-order valence-electron chi connectivity index (χ1n) is 11.7. The van der Waals surface area contributed by atoms with Gasteiger partial charge in [-0.15, -0.1) is 5.10 Å². The maximum atomic E-state index is 13.9. The molecule has 0 saturated carbocycles. The molecular formula is C27H28FN5O3. The Balaban J connectivity index is 1.77. The van der Waals surface area contributed by atoms with Crippen LogP contribution in [0.5, 0.6) is 0 Å². The first-order chi connectivity index (χ1) is 17.5. The predicted molar refractivity (Wildman–Crippen MR) is 135 cm³/mol. The second-order valence-corrected chi connectivity index (χ2v) is 8.26. The van der Waals surface area contributed by atoms with E-state index in [1.165, 1.54) is 41.0 Å². The van der Waals surface area contributed by atoms with Crippen molar-refractivity contribution < 1.29 is 18.7 Å². The van der Waals surface area contributed by atoms with Crippen LogP contribution in [-0.4, -0.2) is 47.1 Å².